The third kappa shape index (κ3) is 10.4. The number of nitrogens with one attached hydrogen (secondary N) is 1. The van der Waals surface area contributed by atoms with Crippen LogP contribution >= 0.6 is 0 Å². The van der Waals surface area contributed by atoms with Crippen LogP contribution < -0.4 is 10.2 Å². The molecule has 0 spiro atoms. The maximum Gasteiger partial charge on any atom is 0.472 e. The number of rotatable bonds is 13. The van der Waals surface area contributed by atoms with E-state index in [2.05, 4.69) is 14.8 Å². The van der Waals surface area contributed by atoms with Crippen LogP contribution in [0.15, 0.2) is 29.4 Å². The van der Waals surface area contributed by atoms with Crippen LogP contribution in [0, 0.1) is 0 Å². The molecule has 15 heteroatoms. The van der Waals surface area contributed by atoms with Crippen molar-refractivity contribution in [3.8, 4) is 5.75 Å². The normalized spacial score (nSPS) is 11.7. The zero-order valence-corrected chi connectivity index (χ0v) is 18.4. The number of hydrogen-bond acceptors (Lipinski definition) is 8. The Balaban J connectivity index is 2.65. The van der Waals surface area contributed by atoms with Gasteiger partial charge in [-0.25, -0.2) is 4.79 Å². The molecule has 1 aromatic rings. The van der Waals surface area contributed by atoms with Gasteiger partial charge in [0.1, 0.15) is 19.0 Å². The van der Waals surface area contributed by atoms with Gasteiger partial charge in [-0.05, 0) is 37.6 Å². The number of hydrazine groups is 1. The first-order valence-electron chi connectivity index (χ1n) is 9.94. The lowest BCUT2D eigenvalue weighted by atomic mass is 10.2. The first-order chi connectivity index (χ1) is 16.1. The van der Waals surface area contributed by atoms with Gasteiger partial charge in [0.15, 0.2) is 6.23 Å². The average molecular weight is 491 g/mol. The van der Waals surface area contributed by atoms with Gasteiger partial charge in [0.05, 0.1) is 19.8 Å². The van der Waals surface area contributed by atoms with Gasteiger partial charge in [0.2, 0.25) is 0 Å². The summed E-state index contributed by atoms with van der Waals surface area (Å²) in [6.45, 7) is 2.49. The molecule has 1 atom stereocenters. The maximum atomic E-state index is 12.5. The Labute approximate surface area is 192 Å². The second-order valence-corrected chi connectivity index (χ2v) is 6.21. The van der Waals surface area contributed by atoms with Gasteiger partial charge in [0.25, 0.3) is 5.91 Å². The number of amides is 2. The smallest absolute Gasteiger partial charge is 0.472 e. The van der Waals surface area contributed by atoms with E-state index in [0.717, 1.165) is 0 Å². The first kappa shape index (κ1) is 28.5. The molecule has 0 aromatic heterocycles. The van der Waals surface area contributed by atoms with Crippen LogP contribution in [-0.2, 0) is 23.8 Å². The standard InChI is InChI=1S/C19H24F3N5O7/c1-3-27(25-18(30)19(20,21)22)17(29)13-6-5-7-14(10-13)34-11-15(24-26-23)33-9-8-31-12-16(28)32-4-2/h5-7,10,15H,3-4,8-9,11-12H2,1-2H3,(H,25,30). The van der Waals surface area contributed by atoms with Gasteiger partial charge in [-0.15, -0.1) is 0 Å². The average Bonchev–Trinajstić information content (AvgIpc) is 2.79. The molecule has 1 aromatic carbocycles. The Kier molecular flexibility index (Phi) is 12.2. The molecule has 12 nitrogen and oxygen atoms in total. The van der Waals surface area contributed by atoms with Crippen LogP contribution in [0.25, 0.3) is 10.4 Å². The molecule has 0 heterocycles. The van der Waals surface area contributed by atoms with Gasteiger partial charge >= 0.3 is 18.1 Å². The SMILES string of the molecule is CCOC(=O)COCCOC(COc1cccc(C(=O)N(CC)NC(=O)C(F)(F)F)c1)N=[N+]=[N-]. The maximum absolute atomic E-state index is 12.5. The number of carbonyl (C=O) groups is 3. The highest BCUT2D eigenvalue weighted by molar-refractivity contribution is 5.96. The van der Waals surface area contributed by atoms with Gasteiger partial charge < -0.3 is 18.9 Å². The first-order valence-corrected chi connectivity index (χ1v) is 9.94. The second kappa shape index (κ2) is 14.6. The van der Waals surface area contributed by atoms with Crippen LogP contribution in [0.3, 0.4) is 0 Å². The van der Waals surface area contributed by atoms with Crippen molar-refractivity contribution in [2.45, 2.75) is 26.3 Å². The topological polar surface area (TPSA) is 152 Å². The molecule has 0 aliphatic rings. The predicted octanol–water partition coefficient (Wildman–Crippen LogP) is 2.35. The van der Waals surface area contributed by atoms with Crippen molar-refractivity contribution in [3.05, 3.63) is 40.3 Å². The lowest BCUT2D eigenvalue weighted by molar-refractivity contribution is -0.177. The molecule has 0 bridgehead atoms. The number of nitrogens with zero attached hydrogens (tertiary/aromatic N) is 4. The van der Waals surface area contributed by atoms with Gasteiger partial charge in [0, 0.05) is 17.0 Å². The van der Waals surface area contributed by atoms with E-state index < -0.39 is 30.2 Å². The fourth-order valence-corrected chi connectivity index (χ4v) is 2.28. The lowest BCUT2D eigenvalue weighted by Crippen LogP contribution is -2.50. The molecule has 0 saturated carbocycles. The number of ether oxygens (including phenoxy) is 4. The molecule has 0 radical (unpaired) electrons. The molecular weight excluding hydrogens is 467 g/mol. The van der Waals surface area contributed by atoms with Gasteiger partial charge in [-0.1, -0.05) is 11.2 Å². The van der Waals surface area contributed by atoms with Crippen LogP contribution in [0.4, 0.5) is 13.2 Å². The minimum absolute atomic E-state index is 0.0107. The van der Waals surface area contributed by atoms with Gasteiger partial charge in [-0.2, -0.15) is 13.2 Å². The fourth-order valence-electron chi connectivity index (χ4n) is 2.28. The highest BCUT2D eigenvalue weighted by atomic mass is 19.4. The summed E-state index contributed by atoms with van der Waals surface area (Å²) in [6.07, 6.45) is -6.23. The summed E-state index contributed by atoms with van der Waals surface area (Å²) in [5, 5.41) is 3.92. The number of carbonyl (C=O) groups excluding carboxylic acids is 3. The number of azide groups is 1. The zero-order valence-electron chi connectivity index (χ0n) is 18.4. The number of hydrogen-bond donors (Lipinski definition) is 1. The van der Waals surface area contributed by atoms with Crippen LogP contribution in [-0.4, -0.2) is 74.8 Å². The molecule has 0 aliphatic heterocycles. The van der Waals surface area contributed by atoms with Crippen molar-refractivity contribution in [1.82, 2.24) is 10.4 Å². The summed E-state index contributed by atoms with van der Waals surface area (Å²) in [5.74, 6) is -3.58. The number of halogens is 3. The molecule has 188 valence electrons. The summed E-state index contributed by atoms with van der Waals surface area (Å²) in [5.41, 5.74) is 10.1. The van der Waals surface area contributed by atoms with Crippen molar-refractivity contribution in [2.24, 2.45) is 5.11 Å². The molecule has 0 aliphatic carbocycles. The van der Waals surface area contributed by atoms with Crippen LogP contribution in [0.1, 0.15) is 24.2 Å². The third-order valence-electron chi connectivity index (χ3n) is 3.77. The van der Waals surface area contributed by atoms with E-state index in [0.29, 0.717) is 5.01 Å². The predicted molar refractivity (Wildman–Crippen MR) is 109 cm³/mol. The highest BCUT2D eigenvalue weighted by Crippen LogP contribution is 2.17. The van der Waals surface area contributed by atoms with Crippen molar-refractivity contribution in [1.29, 1.82) is 0 Å². The van der Waals surface area contributed by atoms with E-state index in [1.807, 2.05) is 0 Å². The van der Waals surface area contributed by atoms with Crippen molar-refractivity contribution in [2.75, 3.05) is 39.6 Å². The Morgan fingerprint density at radius 2 is 1.97 bits per heavy atom. The molecule has 0 saturated heterocycles. The largest absolute Gasteiger partial charge is 0.491 e. The summed E-state index contributed by atoms with van der Waals surface area (Å²) < 4.78 is 57.9. The number of alkyl halides is 3. The number of benzene rings is 1. The summed E-state index contributed by atoms with van der Waals surface area (Å²) in [7, 11) is 0. The minimum Gasteiger partial charge on any atom is -0.491 e. The summed E-state index contributed by atoms with van der Waals surface area (Å²) in [6, 6.07) is 5.42. The lowest BCUT2D eigenvalue weighted by Gasteiger charge is -2.22. The third-order valence-corrected chi connectivity index (χ3v) is 3.77. The Hall–Kier alpha value is -3.55. The van der Waals surface area contributed by atoms with Crippen molar-refractivity contribution < 1.29 is 46.5 Å². The van der Waals surface area contributed by atoms with Crippen molar-refractivity contribution in [3.63, 3.8) is 0 Å². The zero-order chi connectivity index (χ0) is 25.6. The van der Waals surface area contributed by atoms with Gasteiger partial charge in [-0.3, -0.25) is 20.0 Å². The molecule has 1 rings (SSSR count). The van der Waals surface area contributed by atoms with E-state index in [1.54, 1.807) is 6.92 Å². The molecule has 34 heavy (non-hydrogen) atoms. The fraction of sp³-hybridized carbons (Fsp3) is 0.526. The quantitative estimate of drug-likeness (QED) is 0.111. The van der Waals surface area contributed by atoms with E-state index in [9.17, 15) is 27.6 Å². The molecule has 1 N–H and O–H groups in total. The Bertz CT molecular complexity index is 878. The molecule has 2 amide bonds. The molecular formula is C19H24F3N5O7. The monoisotopic (exact) mass is 491 g/mol. The van der Waals surface area contributed by atoms with Crippen LogP contribution in [0.2, 0.25) is 0 Å². The van der Waals surface area contributed by atoms with E-state index >= 15 is 0 Å². The summed E-state index contributed by atoms with van der Waals surface area (Å²) in [4.78, 5) is 37.4. The van der Waals surface area contributed by atoms with Crippen molar-refractivity contribution >= 4 is 17.8 Å². The summed E-state index contributed by atoms with van der Waals surface area (Å²) >= 11 is 0. The highest BCUT2D eigenvalue weighted by Gasteiger charge is 2.40. The second-order valence-electron chi connectivity index (χ2n) is 6.21. The Morgan fingerprint density at radius 1 is 1.24 bits per heavy atom. The minimum atomic E-state index is -5.15. The van der Waals surface area contributed by atoms with E-state index in [-0.39, 0.29) is 50.9 Å². The van der Waals surface area contributed by atoms with E-state index in [4.69, 9.17) is 19.7 Å². The Morgan fingerprint density at radius 3 is 2.59 bits per heavy atom. The number of esters is 1. The molecule has 0 fully saturated rings. The van der Waals surface area contributed by atoms with E-state index in [1.165, 1.54) is 36.6 Å². The molecule has 1 unspecified atom stereocenters. The van der Waals surface area contributed by atoms with Crippen LogP contribution in [0.5, 0.6) is 5.75 Å².